The summed E-state index contributed by atoms with van der Waals surface area (Å²) < 4.78 is 16.7. The van der Waals surface area contributed by atoms with Gasteiger partial charge >= 0.3 is 17.9 Å². The summed E-state index contributed by atoms with van der Waals surface area (Å²) in [7, 11) is 0. The van der Waals surface area contributed by atoms with E-state index in [1.807, 2.05) is 0 Å². The molecule has 0 radical (unpaired) electrons. The Kier molecular flexibility index (Phi) is 41.8. The summed E-state index contributed by atoms with van der Waals surface area (Å²) in [5, 5.41) is 0. The number of ether oxygens (including phenoxy) is 3. The predicted octanol–water partition coefficient (Wildman–Crippen LogP) is 14.9. The first-order chi connectivity index (χ1) is 26.0. The van der Waals surface area contributed by atoms with Crippen molar-refractivity contribution in [2.75, 3.05) is 13.2 Å². The van der Waals surface area contributed by atoms with Gasteiger partial charge < -0.3 is 14.2 Å². The lowest BCUT2D eigenvalue weighted by atomic mass is 10.0. The molecule has 0 rings (SSSR count). The van der Waals surface area contributed by atoms with Gasteiger partial charge in [-0.15, -0.1) is 0 Å². The summed E-state index contributed by atoms with van der Waals surface area (Å²) in [6, 6.07) is 0. The molecule has 6 nitrogen and oxygen atoms in total. The highest BCUT2D eigenvalue weighted by Crippen LogP contribution is 2.16. The van der Waals surface area contributed by atoms with Crippen LogP contribution in [0, 0.1) is 0 Å². The highest BCUT2D eigenvalue weighted by molar-refractivity contribution is 5.71. The molecule has 0 saturated heterocycles. The maximum absolute atomic E-state index is 12.7. The topological polar surface area (TPSA) is 78.9 Å². The number of hydrogen-bond acceptors (Lipinski definition) is 6. The molecule has 0 aliphatic carbocycles. The van der Waals surface area contributed by atoms with E-state index in [9.17, 15) is 14.4 Å². The van der Waals surface area contributed by atoms with Crippen molar-refractivity contribution in [3.8, 4) is 0 Å². The Morgan fingerprint density at radius 1 is 0.302 bits per heavy atom. The van der Waals surface area contributed by atoms with Crippen LogP contribution in [-0.2, 0) is 28.6 Å². The van der Waals surface area contributed by atoms with Crippen LogP contribution in [0.5, 0.6) is 0 Å². The van der Waals surface area contributed by atoms with E-state index in [4.69, 9.17) is 14.2 Å². The Hall–Kier alpha value is -1.59. The quantitative estimate of drug-likeness (QED) is 0.0351. The van der Waals surface area contributed by atoms with Crippen LogP contribution in [0.3, 0.4) is 0 Å². The molecule has 0 saturated carbocycles. The molecule has 0 aromatic carbocycles. The third kappa shape index (κ3) is 41.4. The van der Waals surface area contributed by atoms with Gasteiger partial charge in [0.05, 0.1) is 0 Å². The van der Waals surface area contributed by atoms with Gasteiger partial charge in [0.15, 0.2) is 6.10 Å². The van der Waals surface area contributed by atoms with Gasteiger partial charge in [-0.3, -0.25) is 14.4 Å². The van der Waals surface area contributed by atoms with Crippen LogP contribution >= 0.6 is 0 Å². The lowest BCUT2D eigenvalue weighted by Crippen LogP contribution is -2.30. The highest BCUT2D eigenvalue weighted by Gasteiger charge is 2.19. The summed E-state index contributed by atoms with van der Waals surface area (Å²) in [4.78, 5) is 37.6. The molecule has 0 fully saturated rings. The fourth-order valence-electron chi connectivity index (χ4n) is 7.03. The van der Waals surface area contributed by atoms with Gasteiger partial charge in [-0.2, -0.15) is 0 Å². The molecule has 0 aromatic rings. The molecule has 314 valence electrons. The molecule has 0 aliphatic heterocycles. The molecule has 0 spiro atoms. The number of rotatable bonds is 43. The smallest absolute Gasteiger partial charge is 0.306 e. The van der Waals surface area contributed by atoms with Crippen molar-refractivity contribution in [1.82, 2.24) is 0 Å². The number of esters is 3. The van der Waals surface area contributed by atoms with Crippen LogP contribution in [-0.4, -0.2) is 37.2 Å². The second-order valence-corrected chi connectivity index (χ2v) is 16.0. The number of carbonyl (C=O) groups is 3. The predicted molar refractivity (Wildman–Crippen MR) is 224 cm³/mol. The zero-order valence-corrected chi connectivity index (χ0v) is 35.8. The minimum absolute atomic E-state index is 0.0631. The molecule has 0 aliphatic rings. The molecule has 0 heterocycles. The summed E-state index contributed by atoms with van der Waals surface area (Å²) in [5.41, 5.74) is 0. The van der Waals surface area contributed by atoms with E-state index < -0.39 is 6.10 Å². The molecular weight excluding hydrogens is 661 g/mol. The third-order valence-corrected chi connectivity index (χ3v) is 10.6. The standard InChI is InChI=1S/C47H90O6/c1-4-7-10-13-16-18-20-21-22-23-24-25-27-29-32-35-38-41-47(50)53-44(42-51-45(48)39-36-33-30-15-12-9-6-3)43-52-46(49)40-37-34-31-28-26-19-17-14-11-8-5-2/h44H,4-43H2,1-3H3/t44-/m0/s1. The molecule has 0 bridgehead atoms. The zero-order valence-electron chi connectivity index (χ0n) is 35.8. The van der Waals surface area contributed by atoms with Gasteiger partial charge in [-0.25, -0.2) is 0 Å². The van der Waals surface area contributed by atoms with Crippen LogP contribution in [0.1, 0.15) is 265 Å². The molecule has 0 unspecified atom stereocenters. The Bertz CT molecular complexity index is 783. The third-order valence-electron chi connectivity index (χ3n) is 10.6. The van der Waals surface area contributed by atoms with Crippen molar-refractivity contribution in [1.29, 1.82) is 0 Å². The molecule has 6 heteroatoms. The maximum Gasteiger partial charge on any atom is 0.306 e. The van der Waals surface area contributed by atoms with E-state index in [0.717, 1.165) is 57.8 Å². The SMILES string of the molecule is CCCCCCCCCCCCCCCCCCCC(=O)O[C@@H](COC(=O)CCCCCCCCC)COC(=O)CCCCCCCCCCCCC. The van der Waals surface area contributed by atoms with Gasteiger partial charge in [0.2, 0.25) is 0 Å². The van der Waals surface area contributed by atoms with Crippen molar-refractivity contribution in [3.63, 3.8) is 0 Å². The molecule has 53 heavy (non-hydrogen) atoms. The second kappa shape index (κ2) is 43.1. The van der Waals surface area contributed by atoms with Crippen LogP contribution in [0.2, 0.25) is 0 Å². The van der Waals surface area contributed by atoms with Crippen molar-refractivity contribution < 1.29 is 28.6 Å². The average Bonchev–Trinajstić information content (AvgIpc) is 3.15. The van der Waals surface area contributed by atoms with Crippen molar-refractivity contribution in [3.05, 3.63) is 0 Å². The minimum Gasteiger partial charge on any atom is -0.462 e. The normalized spacial score (nSPS) is 11.8. The van der Waals surface area contributed by atoms with E-state index in [2.05, 4.69) is 20.8 Å². The van der Waals surface area contributed by atoms with E-state index in [0.29, 0.717) is 19.3 Å². The first-order valence-corrected chi connectivity index (χ1v) is 23.5. The van der Waals surface area contributed by atoms with Gasteiger partial charge in [-0.1, -0.05) is 226 Å². The Balaban J connectivity index is 4.22. The number of hydrogen-bond donors (Lipinski definition) is 0. The van der Waals surface area contributed by atoms with Crippen LogP contribution < -0.4 is 0 Å². The van der Waals surface area contributed by atoms with E-state index in [-0.39, 0.29) is 31.1 Å². The Labute approximate surface area is 329 Å². The molecule has 0 N–H and O–H groups in total. The van der Waals surface area contributed by atoms with Gasteiger partial charge in [-0.05, 0) is 19.3 Å². The monoisotopic (exact) mass is 751 g/mol. The molecule has 0 amide bonds. The first kappa shape index (κ1) is 51.4. The van der Waals surface area contributed by atoms with E-state index in [1.165, 1.54) is 167 Å². The summed E-state index contributed by atoms with van der Waals surface area (Å²) >= 11 is 0. The Morgan fingerprint density at radius 2 is 0.509 bits per heavy atom. The second-order valence-electron chi connectivity index (χ2n) is 16.0. The van der Waals surface area contributed by atoms with Crippen molar-refractivity contribution in [2.24, 2.45) is 0 Å². The van der Waals surface area contributed by atoms with Gasteiger partial charge in [0.25, 0.3) is 0 Å². The maximum atomic E-state index is 12.7. The highest BCUT2D eigenvalue weighted by atomic mass is 16.6. The number of unbranched alkanes of at least 4 members (excludes halogenated alkanes) is 32. The van der Waals surface area contributed by atoms with E-state index in [1.54, 1.807) is 0 Å². The fraction of sp³-hybridized carbons (Fsp3) is 0.936. The van der Waals surface area contributed by atoms with E-state index >= 15 is 0 Å². The summed E-state index contributed by atoms with van der Waals surface area (Å²) in [6.45, 7) is 6.61. The zero-order chi connectivity index (χ0) is 38.7. The van der Waals surface area contributed by atoms with Crippen molar-refractivity contribution >= 4 is 17.9 Å². The van der Waals surface area contributed by atoms with Gasteiger partial charge in [0, 0.05) is 19.3 Å². The number of carbonyl (C=O) groups excluding carboxylic acids is 3. The molecule has 0 aromatic heterocycles. The lowest BCUT2D eigenvalue weighted by Gasteiger charge is -2.18. The Morgan fingerprint density at radius 3 is 0.755 bits per heavy atom. The first-order valence-electron chi connectivity index (χ1n) is 23.5. The van der Waals surface area contributed by atoms with Crippen molar-refractivity contribution in [2.45, 2.75) is 271 Å². The van der Waals surface area contributed by atoms with Gasteiger partial charge in [0.1, 0.15) is 13.2 Å². The fourth-order valence-corrected chi connectivity index (χ4v) is 7.03. The molecular formula is C47H90O6. The van der Waals surface area contributed by atoms with Crippen LogP contribution in [0.4, 0.5) is 0 Å². The largest absolute Gasteiger partial charge is 0.462 e. The minimum atomic E-state index is -0.757. The molecule has 1 atom stereocenters. The summed E-state index contributed by atoms with van der Waals surface area (Å²) in [6.07, 6.45) is 43.8. The van der Waals surface area contributed by atoms with Crippen LogP contribution in [0.15, 0.2) is 0 Å². The average molecular weight is 751 g/mol. The summed E-state index contributed by atoms with van der Waals surface area (Å²) in [5.74, 6) is -0.856. The lowest BCUT2D eigenvalue weighted by molar-refractivity contribution is -0.167. The van der Waals surface area contributed by atoms with Crippen LogP contribution in [0.25, 0.3) is 0 Å².